The van der Waals surface area contributed by atoms with E-state index in [0.29, 0.717) is 22.4 Å². The average Bonchev–Trinajstić information content (AvgIpc) is 2.48. The second-order valence-electron chi connectivity index (χ2n) is 4.81. The fourth-order valence-electron chi connectivity index (χ4n) is 2.32. The summed E-state index contributed by atoms with van der Waals surface area (Å²) in [6, 6.07) is 11.7. The number of benzene rings is 2. The Labute approximate surface area is 139 Å². The van der Waals surface area contributed by atoms with Gasteiger partial charge in [0.1, 0.15) is 5.82 Å². The van der Waals surface area contributed by atoms with Gasteiger partial charge in [0.2, 0.25) is 0 Å². The molecule has 23 heavy (non-hydrogen) atoms. The SMILES string of the molecule is Cc1nc2cc(C(=O)O)ccc2c(=O)n1-c1ccc(Br)cc1.O. The number of fused-ring (bicyclic) bond motifs is 1. The molecule has 0 saturated carbocycles. The van der Waals surface area contributed by atoms with Crippen molar-refractivity contribution in [1.82, 2.24) is 9.55 Å². The summed E-state index contributed by atoms with van der Waals surface area (Å²) in [5.41, 5.74) is 0.986. The molecule has 6 nitrogen and oxygen atoms in total. The van der Waals surface area contributed by atoms with Crippen LogP contribution in [0.1, 0.15) is 16.2 Å². The molecular formula is C16H13BrN2O4. The third-order valence-electron chi connectivity index (χ3n) is 3.37. The molecule has 0 spiro atoms. The molecule has 7 heteroatoms. The van der Waals surface area contributed by atoms with E-state index in [0.717, 1.165) is 4.47 Å². The maximum absolute atomic E-state index is 12.7. The number of nitrogens with zero attached hydrogens (tertiary/aromatic N) is 2. The van der Waals surface area contributed by atoms with Crippen molar-refractivity contribution in [3.8, 4) is 5.69 Å². The van der Waals surface area contributed by atoms with E-state index in [2.05, 4.69) is 20.9 Å². The van der Waals surface area contributed by atoms with E-state index in [4.69, 9.17) is 5.11 Å². The molecule has 0 fully saturated rings. The summed E-state index contributed by atoms with van der Waals surface area (Å²) in [6.45, 7) is 1.72. The molecule has 0 saturated heterocycles. The van der Waals surface area contributed by atoms with Gasteiger partial charge >= 0.3 is 5.97 Å². The molecule has 118 valence electrons. The smallest absolute Gasteiger partial charge is 0.335 e. The molecule has 0 atom stereocenters. The molecule has 0 aliphatic carbocycles. The highest BCUT2D eigenvalue weighted by atomic mass is 79.9. The second kappa shape index (κ2) is 6.31. The van der Waals surface area contributed by atoms with Crippen LogP contribution in [0, 0.1) is 6.92 Å². The zero-order valence-corrected chi connectivity index (χ0v) is 13.7. The minimum absolute atomic E-state index is 0. The Morgan fingerprint density at radius 1 is 1.17 bits per heavy atom. The number of hydrogen-bond donors (Lipinski definition) is 1. The van der Waals surface area contributed by atoms with Crippen LogP contribution < -0.4 is 5.56 Å². The Balaban J connectivity index is 0.00000192. The number of rotatable bonds is 2. The van der Waals surface area contributed by atoms with Gasteiger partial charge in [-0.25, -0.2) is 9.78 Å². The van der Waals surface area contributed by atoms with Crippen molar-refractivity contribution in [2.75, 3.05) is 0 Å². The van der Waals surface area contributed by atoms with Gasteiger partial charge in [-0.1, -0.05) is 15.9 Å². The largest absolute Gasteiger partial charge is 0.478 e. The van der Waals surface area contributed by atoms with Crippen molar-refractivity contribution >= 4 is 32.8 Å². The molecular weight excluding hydrogens is 364 g/mol. The molecule has 0 amide bonds. The third-order valence-corrected chi connectivity index (χ3v) is 3.90. The minimum atomic E-state index is -1.04. The lowest BCUT2D eigenvalue weighted by atomic mass is 10.1. The lowest BCUT2D eigenvalue weighted by Crippen LogP contribution is -2.22. The van der Waals surface area contributed by atoms with Crippen molar-refractivity contribution < 1.29 is 15.4 Å². The molecule has 0 aliphatic heterocycles. The summed E-state index contributed by atoms with van der Waals surface area (Å²) < 4.78 is 2.43. The first-order chi connectivity index (χ1) is 10.5. The van der Waals surface area contributed by atoms with E-state index in [1.165, 1.54) is 22.8 Å². The summed E-state index contributed by atoms with van der Waals surface area (Å²) >= 11 is 3.36. The number of carboxylic acids is 1. The van der Waals surface area contributed by atoms with Crippen LogP contribution >= 0.6 is 15.9 Å². The first-order valence-electron chi connectivity index (χ1n) is 6.50. The van der Waals surface area contributed by atoms with Crippen LogP contribution in [0.2, 0.25) is 0 Å². The van der Waals surface area contributed by atoms with Crippen LogP contribution in [0.15, 0.2) is 51.7 Å². The van der Waals surface area contributed by atoms with E-state index in [9.17, 15) is 9.59 Å². The zero-order valence-electron chi connectivity index (χ0n) is 12.1. The summed E-state index contributed by atoms with van der Waals surface area (Å²) in [6.07, 6.45) is 0. The predicted octanol–water partition coefficient (Wildman–Crippen LogP) is 2.33. The van der Waals surface area contributed by atoms with Gasteiger partial charge in [-0.05, 0) is 49.4 Å². The Kier molecular flexibility index (Phi) is 4.63. The van der Waals surface area contributed by atoms with Crippen molar-refractivity contribution in [2.45, 2.75) is 6.92 Å². The number of carbonyl (C=O) groups is 1. The van der Waals surface area contributed by atoms with E-state index < -0.39 is 5.97 Å². The van der Waals surface area contributed by atoms with Gasteiger partial charge < -0.3 is 10.6 Å². The maximum Gasteiger partial charge on any atom is 0.335 e. The fraction of sp³-hybridized carbons (Fsp3) is 0.0625. The van der Waals surface area contributed by atoms with Gasteiger partial charge in [-0.2, -0.15) is 0 Å². The number of carboxylic acid groups (broad SMARTS) is 1. The Bertz CT molecular complexity index is 949. The standard InChI is InChI=1S/C16H11BrN2O3.H2O/c1-9-18-14-8-10(16(21)22)2-7-13(14)15(20)19(9)12-5-3-11(17)4-6-12;/h2-8H,1H3,(H,21,22);1H2. The van der Waals surface area contributed by atoms with E-state index >= 15 is 0 Å². The molecule has 1 heterocycles. The van der Waals surface area contributed by atoms with E-state index in [1.807, 2.05) is 24.3 Å². The number of hydrogen-bond acceptors (Lipinski definition) is 3. The molecule has 2 aromatic carbocycles. The molecule has 1 aromatic heterocycles. The van der Waals surface area contributed by atoms with Crippen LogP contribution in [-0.4, -0.2) is 26.1 Å². The molecule has 3 aromatic rings. The highest BCUT2D eigenvalue weighted by Crippen LogP contribution is 2.17. The normalized spacial score (nSPS) is 10.3. The minimum Gasteiger partial charge on any atom is -0.478 e. The van der Waals surface area contributed by atoms with Crippen molar-refractivity contribution in [3.05, 3.63) is 68.7 Å². The van der Waals surface area contributed by atoms with Gasteiger partial charge in [-0.3, -0.25) is 9.36 Å². The fourth-order valence-corrected chi connectivity index (χ4v) is 2.59. The molecule has 0 radical (unpaired) electrons. The first-order valence-corrected chi connectivity index (χ1v) is 7.29. The van der Waals surface area contributed by atoms with Gasteiger partial charge in [-0.15, -0.1) is 0 Å². The van der Waals surface area contributed by atoms with Crippen molar-refractivity contribution in [2.24, 2.45) is 0 Å². The molecule has 3 rings (SSSR count). The van der Waals surface area contributed by atoms with Crippen LogP contribution in [0.5, 0.6) is 0 Å². The van der Waals surface area contributed by atoms with Gasteiger partial charge in [0.15, 0.2) is 0 Å². The number of aromatic carboxylic acids is 1. The van der Waals surface area contributed by atoms with Gasteiger partial charge in [0, 0.05) is 4.47 Å². The monoisotopic (exact) mass is 376 g/mol. The third kappa shape index (κ3) is 3.01. The molecule has 0 aliphatic rings. The van der Waals surface area contributed by atoms with Crippen molar-refractivity contribution in [1.29, 1.82) is 0 Å². The van der Waals surface area contributed by atoms with Gasteiger partial charge in [0.25, 0.3) is 5.56 Å². The predicted molar refractivity (Wildman–Crippen MR) is 90.4 cm³/mol. The number of aryl methyl sites for hydroxylation is 1. The maximum atomic E-state index is 12.7. The summed E-state index contributed by atoms with van der Waals surface area (Å²) in [7, 11) is 0. The summed E-state index contributed by atoms with van der Waals surface area (Å²) in [4.78, 5) is 28.1. The number of aromatic nitrogens is 2. The highest BCUT2D eigenvalue weighted by Gasteiger charge is 2.12. The lowest BCUT2D eigenvalue weighted by molar-refractivity contribution is 0.0697. The molecule has 3 N–H and O–H groups in total. The Morgan fingerprint density at radius 2 is 1.83 bits per heavy atom. The van der Waals surface area contributed by atoms with E-state index in [-0.39, 0.29) is 16.6 Å². The van der Waals surface area contributed by atoms with Crippen LogP contribution in [-0.2, 0) is 0 Å². The molecule has 0 unspecified atom stereocenters. The van der Waals surface area contributed by atoms with Crippen LogP contribution in [0.4, 0.5) is 0 Å². The van der Waals surface area contributed by atoms with E-state index in [1.54, 1.807) is 6.92 Å². The quantitative estimate of drug-likeness (QED) is 0.740. The molecule has 0 bridgehead atoms. The number of halogens is 1. The zero-order chi connectivity index (χ0) is 15.9. The summed E-state index contributed by atoms with van der Waals surface area (Å²) in [5, 5.41) is 9.41. The summed E-state index contributed by atoms with van der Waals surface area (Å²) in [5.74, 6) is -0.541. The first kappa shape index (κ1) is 16.9. The van der Waals surface area contributed by atoms with Crippen LogP contribution in [0.3, 0.4) is 0 Å². The highest BCUT2D eigenvalue weighted by molar-refractivity contribution is 9.10. The Morgan fingerprint density at radius 3 is 2.43 bits per heavy atom. The lowest BCUT2D eigenvalue weighted by Gasteiger charge is -2.11. The Hall–Kier alpha value is -2.51. The average molecular weight is 377 g/mol. The topological polar surface area (TPSA) is 104 Å². The van der Waals surface area contributed by atoms with Crippen molar-refractivity contribution in [3.63, 3.8) is 0 Å². The van der Waals surface area contributed by atoms with Crippen LogP contribution in [0.25, 0.3) is 16.6 Å². The van der Waals surface area contributed by atoms with Gasteiger partial charge in [0.05, 0.1) is 22.2 Å². The second-order valence-corrected chi connectivity index (χ2v) is 5.73.